The first kappa shape index (κ1) is 24.0. The molecule has 0 heteroatoms. The summed E-state index contributed by atoms with van der Waals surface area (Å²) in [4.78, 5) is 0. The Morgan fingerprint density at radius 1 is 0.417 bits per heavy atom. The van der Waals surface area contributed by atoms with Gasteiger partial charge < -0.3 is 0 Å². The monoisotopic (exact) mass is 338 g/mol. The summed E-state index contributed by atoms with van der Waals surface area (Å²) in [7, 11) is 0. The van der Waals surface area contributed by atoms with E-state index in [-0.39, 0.29) is 0 Å². The van der Waals surface area contributed by atoms with Crippen molar-refractivity contribution < 1.29 is 0 Å². The third-order valence-electron chi connectivity index (χ3n) is 6.36. The molecule has 0 radical (unpaired) electrons. The highest BCUT2D eigenvalue weighted by Gasteiger charge is 2.22. The summed E-state index contributed by atoms with van der Waals surface area (Å²) in [5.41, 5.74) is 0. The standard InChI is InChI=1S/C24H50/c1-7-13-16-22(11-5)19-24(18-21(10-4)15-9-3)20-23(12-6)17-14-8-2/h21-24H,7-20H2,1-6H3. The summed E-state index contributed by atoms with van der Waals surface area (Å²) in [6.45, 7) is 14.3. The SMILES string of the molecule is CCCCC(CC)CC(CC(CC)CCC)CC(CC)CCCC. The lowest BCUT2D eigenvalue weighted by Gasteiger charge is -2.29. The summed E-state index contributed by atoms with van der Waals surface area (Å²) >= 11 is 0. The van der Waals surface area contributed by atoms with Gasteiger partial charge in [0.25, 0.3) is 0 Å². The zero-order valence-electron chi connectivity index (χ0n) is 18.2. The summed E-state index contributed by atoms with van der Waals surface area (Å²) in [5, 5.41) is 0. The van der Waals surface area contributed by atoms with Crippen LogP contribution in [-0.4, -0.2) is 0 Å². The van der Waals surface area contributed by atoms with Crippen molar-refractivity contribution in [1.82, 2.24) is 0 Å². The van der Waals surface area contributed by atoms with Gasteiger partial charge in [-0.25, -0.2) is 0 Å². The van der Waals surface area contributed by atoms with Crippen LogP contribution in [0, 0.1) is 23.7 Å². The molecule has 0 saturated heterocycles. The molecule has 146 valence electrons. The van der Waals surface area contributed by atoms with Gasteiger partial charge in [0.15, 0.2) is 0 Å². The van der Waals surface area contributed by atoms with Gasteiger partial charge >= 0.3 is 0 Å². The van der Waals surface area contributed by atoms with Gasteiger partial charge in [-0.15, -0.1) is 0 Å². The lowest BCUT2D eigenvalue weighted by atomic mass is 9.76. The van der Waals surface area contributed by atoms with Gasteiger partial charge in [0, 0.05) is 0 Å². The molecule has 0 heterocycles. The molecule has 0 aromatic heterocycles. The third-order valence-corrected chi connectivity index (χ3v) is 6.36. The molecule has 0 fully saturated rings. The first-order valence-corrected chi connectivity index (χ1v) is 11.6. The fourth-order valence-corrected chi connectivity index (χ4v) is 4.56. The quantitative estimate of drug-likeness (QED) is 0.248. The molecular weight excluding hydrogens is 288 g/mol. The van der Waals surface area contributed by atoms with Crippen LogP contribution in [-0.2, 0) is 0 Å². The number of hydrogen-bond acceptors (Lipinski definition) is 0. The Balaban J connectivity index is 4.76. The molecule has 24 heavy (non-hydrogen) atoms. The van der Waals surface area contributed by atoms with Gasteiger partial charge in [-0.2, -0.15) is 0 Å². The van der Waals surface area contributed by atoms with E-state index < -0.39 is 0 Å². The van der Waals surface area contributed by atoms with E-state index in [1.54, 1.807) is 0 Å². The Bertz CT molecular complexity index is 226. The molecule has 0 spiro atoms. The van der Waals surface area contributed by atoms with Crippen LogP contribution in [0.1, 0.15) is 131 Å². The van der Waals surface area contributed by atoms with Crippen molar-refractivity contribution in [3.63, 3.8) is 0 Å². The number of rotatable bonds is 17. The van der Waals surface area contributed by atoms with Crippen LogP contribution < -0.4 is 0 Å². The molecule has 3 unspecified atom stereocenters. The minimum absolute atomic E-state index is 0.979. The Morgan fingerprint density at radius 2 is 0.792 bits per heavy atom. The lowest BCUT2D eigenvalue weighted by molar-refractivity contribution is 0.224. The molecule has 0 aliphatic rings. The predicted molar refractivity (Wildman–Crippen MR) is 113 cm³/mol. The molecule has 0 nitrogen and oxygen atoms in total. The molecule has 0 rings (SSSR count). The second-order valence-corrected chi connectivity index (χ2v) is 8.47. The highest BCUT2D eigenvalue weighted by Crippen LogP contribution is 2.34. The van der Waals surface area contributed by atoms with Gasteiger partial charge in [0.1, 0.15) is 0 Å². The van der Waals surface area contributed by atoms with Gasteiger partial charge in [-0.3, -0.25) is 0 Å². The fraction of sp³-hybridized carbons (Fsp3) is 1.00. The normalized spacial score (nSPS) is 16.8. The van der Waals surface area contributed by atoms with Crippen LogP contribution in [0.3, 0.4) is 0 Å². The molecule has 0 bridgehead atoms. The first-order valence-electron chi connectivity index (χ1n) is 11.6. The molecule has 0 aliphatic carbocycles. The van der Waals surface area contributed by atoms with Crippen molar-refractivity contribution in [3.8, 4) is 0 Å². The molecule has 0 aliphatic heterocycles. The van der Waals surface area contributed by atoms with Crippen LogP contribution in [0.2, 0.25) is 0 Å². The van der Waals surface area contributed by atoms with E-state index in [0.29, 0.717) is 0 Å². The highest BCUT2D eigenvalue weighted by atomic mass is 14.3. The van der Waals surface area contributed by atoms with Crippen molar-refractivity contribution in [2.75, 3.05) is 0 Å². The molecule has 3 atom stereocenters. The Morgan fingerprint density at radius 3 is 1.08 bits per heavy atom. The molecular formula is C24H50. The van der Waals surface area contributed by atoms with Gasteiger partial charge in [-0.05, 0) is 42.9 Å². The van der Waals surface area contributed by atoms with Crippen LogP contribution in [0.5, 0.6) is 0 Å². The van der Waals surface area contributed by atoms with Crippen molar-refractivity contribution in [1.29, 1.82) is 0 Å². The predicted octanol–water partition coefficient (Wildman–Crippen LogP) is 9.03. The minimum Gasteiger partial charge on any atom is -0.0654 e. The van der Waals surface area contributed by atoms with Crippen LogP contribution >= 0.6 is 0 Å². The third kappa shape index (κ3) is 11.5. The second kappa shape index (κ2) is 16.5. The molecule has 0 saturated carbocycles. The Kier molecular flexibility index (Phi) is 16.5. The highest BCUT2D eigenvalue weighted by molar-refractivity contribution is 4.73. The van der Waals surface area contributed by atoms with E-state index in [0.717, 1.165) is 23.7 Å². The van der Waals surface area contributed by atoms with Crippen molar-refractivity contribution >= 4 is 0 Å². The molecule has 0 amide bonds. The Labute approximate surface area is 155 Å². The van der Waals surface area contributed by atoms with E-state index >= 15 is 0 Å². The summed E-state index contributed by atoms with van der Waals surface area (Å²) in [6.07, 6.45) is 20.1. The van der Waals surface area contributed by atoms with Gasteiger partial charge in [0.2, 0.25) is 0 Å². The van der Waals surface area contributed by atoms with Crippen LogP contribution in [0.25, 0.3) is 0 Å². The number of unbranched alkanes of at least 4 members (excludes halogenated alkanes) is 2. The van der Waals surface area contributed by atoms with Crippen molar-refractivity contribution in [2.45, 2.75) is 131 Å². The van der Waals surface area contributed by atoms with Crippen molar-refractivity contribution in [3.05, 3.63) is 0 Å². The van der Waals surface area contributed by atoms with Gasteiger partial charge in [0.05, 0.1) is 0 Å². The summed E-state index contributed by atoms with van der Waals surface area (Å²) in [5.74, 6) is 3.94. The zero-order valence-corrected chi connectivity index (χ0v) is 18.2. The smallest absolute Gasteiger partial charge is 0.0406 e. The summed E-state index contributed by atoms with van der Waals surface area (Å²) < 4.78 is 0. The lowest BCUT2D eigenvalue weighted by Crippen LogP contribution is -2.17. The first-order chi connectivity index (χ1) is 11.6. The van der Waals surface area contributed by atoms with Gasteiger partial charge in [-0.1, -0.05) is 112 Å². The average Bonchev–Trinajstić information content (AvgIpc) is 2.60. The topological polar surface area (TPSA) is 0 Å². The largest absolute Gasteiger partial charge is 0.0654 e. The van der Waals surface area contributed by atoms with Crippen LogP contribution in [0.4, 0.5) is 0 Å². The van der Waals surface area contributed by atoms with E-state index in [9.17, 15) is 0 Å². The minimum atomic E-state index is 0.979. The van der Waals surface area contributed by atoms with Crippen LogP contribution in [0.15, 0.2) is 0 Å². The average molecular weight is 339 g/mol. The molecule has 0 aromatic carbocycles. The number of hydrogen-bond donors (Lipinski definition) is 0. The van der Waals surface area contributed by atoms with E-state index in [1.807, 2.05) is 0 Å². The molecule has 0 aromatic rings. The maximum absolute atomic E-state index is 2.43. The van der Waals surface area contributed by atoms with Crippen molar-refractivity contribution in [2.24, 2.45) is 23.7 Å². The van der Waals surface area contributed by atoms with E-state index in [1.165, 1.54) is 89.9 Å². The molecule has 0 N–H and O–H groups in total. The zero-order chi connectivity index (χ0) is 18.2. The van der Waals surface area contributed by atoms with E-state index in [4.69, 9.17) is 0 Å². The second-order valence-electron chi connectivity index (χ2n) is 8.47. The van der Waals surface area contributed by atoms with E-state index in [2.05, 4.69) is 41.5 Å². The summed E-state index contributed by atoms with van der Waals surface area (Å²) in [6, 6.07) is 0. The Hall–Kier alpha value is 0. The maximum Gasteiger partial charge on any atom is -0.0406 e. The fourth-order valence-electron chi connectivity index (χ4n) is 4.56. The maximum atomic E-state index is 2.43.